The van der Waals surface area contributed by atoms with Gasteiger partial charge in [-0.05, 0) is 37.3 Å². The van der Waals surface area contributed by atoms with Crippen LogP contribution in [-0.4, -0.2) is 37.6 Å². The lowest BCUT2D eigenvalue weighted by atomic mass is 10.1. The van der Waals surface area contributed by atoms with E-state index in [1.54, 1.807) is 0 Å². The molecule has 1 atom stereocenters. The van der Waals surface area contributed by atoms with E-state index in [0.717, 1.165) is 22.7 Å². The number of fused-ring (bicyclic) bond motifs is 1. The molecule has 0 saturated heterocycles. The van der Waals surface area contributed by atoms with Crippen LogP contribution in [0.4, 0.5) is 32.0 Å². The van der Waals surface area contributed by atoms with Gasteiger partial charge in [0.05, 0.1) is 5.56 Å². The lowest BCUT2D eigenvalue weighted by Gasteiger charge is -2.20. The molecule has 4 aromatic rings. The second-order valence-electron chi connectivity index (χ2n) is 7.14. The molecule has 0 aliphatic carbocycles. The molecule has 0 saturated carbocycles. The Labute approximate surface area is 191 Å². The number of carbonyl (C=O) groups excluding carboxylic acids is 1. The number of alkyl halides is 3. The maximum absolute atomic E-state index is 15.0. The first-order valence-corrected chi connectivity index (χ1v) is 9.73. The number of hydrogen-bond acceptors (Lipinski definition) is 5. The topological polar surface area (TPSA) is 90.5 Å². The summed E-state index contributed by atoms with van der Waals surface area (Å²) < 4.78 is 88.5. The third-order valence-corrected chi connectivity index (χ3v) is 4.78. The van der Waals surface area contributed by atoms with Crippen molar-refractivity contribution in [3.8, 4) is 11.4 Å². The van der Waals surface area contributed by atoms with Gasteiger partial charge in [0.2, 0.25) is 0 Å². The molecule has 0 aliphatic rings. The third kappa shape index (κ3) is 4.54. The van der Waals surface area contributed by atoms with Gasteiger partial charge in [-0.25, -0.2) is 18.0 Å². The number of nitrogens with one attached hydrogen (secondary N) is 1. The predicted octanol–water partition coefficient (Wildman–Crippen LogP) is 3.88. The molecule has 1 unspecified atom stereocenters. The molecule has 0 spiro atoms. The molecule has 0 radical (unpaired) electrons. The van der Waals surface area contributed by atoms with E-state index in [4.69, 9.17) is 4.74 Å². The minimum Gasteiger partial charge on any atom is -0.480 e. The standard InChI is InChI=1S/C21H13F6N5O3/c1-10(21(25,26)27)35-16-9-15(31-20(34)32-17(30-31)6-3-7-28-32)14(24)8-11(16)19(33)29-18-12(22)4-2-5-13(18)23/h2-10H,1H3,(H,29,33). The SMILES string of the molecule is CC(Oc1cc(-n2nc3cccnn3c2=O)c(F)cc1C(=O)Nc1c(F)cccc1F)C(F)(F)F. The molecule has 0 fully saturated rings. The summed E-state index contributed by atoms with van der Waals surface area (Å²) in [6.07, 6.45) is -6.10. The average Bonchev–Trinajstić information content (AvgIpc) is 3.13. The summed E-state index contributed by atoms with van der Waals surface area (Å²) in [6.45, 7) is 0.627. The van der Waals surface area contributed by atoms with Gasteiger partial charge >= 0.3 is 11.9 Å². The van der Waals surface area contributed by atoms with Crippen molar-refractivity contribution in [3.05, 3.63) is 82.2 Å². The molecule has 1 amide bonds. The van der Waals surface area contributed by atoms with Crippen LogP contribution in [0.2, 0.25) is 0 Å². The third-order valence-electron chi connectivity index (χ3n) is 4.78. The first kappa shape index (κ1) is 23.8. The number of amides is 1. The van der Waals surface area contributed by atoms with Crippen LogP contribution in [-0.2, 0) is 0 Å². The number of hydrogen-bond donors (Lipinski definition) is 1. The van der Waals surface area contributed by atoms with Crippen molar-refractivity contribution in [2.75, 3.05) is 5.32 Å². The Kier molecular flexibility index (Phi) is 5.96. The summed E-state index contributed by atoms with van der Waals surface area (Å²) >= 11 is 0. The predicted molar refractivity (Wildman–Crippen MR) is 109 cm³/mol. The quantitative estimate of drug-likeness (QED) is 0.423. The minimum absolute atomic E-state index is 0.000115. The van der Waals surface area contributed by atoms with Crippen LogP contribution < -0.4 is 15.7 Å². The van der Waals surface area contributed by atoms with Crippen molar-refractivity contribution in [2.24, 2.45) is 0 Å². The second kappa shape index (κ2) is 8.77. The smallest absolute Gasteiger partial charge is 0.425 e. The van der Waals surface area contributed by atoms with E-state index in [1.165, 1.54) is 18.3 Å². The number of rotatable bonds is 5. The van der Waals surface area contributed by atoms with Crippen LogP contribution >= 0.6 is 0 Å². The molecule has 0 bridgehead atoms. The molecular formula is C21H13F6N5O3. The van der Waals surface area contributed by atoms with E-state index in [9.17, 15) is 31.5 Å². The van der Waals surface area contributed by atoms with Crippen molar-refractivity contribution in [1.82, 2.24) is 19.4 Å². The minimum atomic E-state index is -4.89. The molecule has 1 N–H and O–H groups in total. The highest BCUT2D eigenvalue weighted by atomic mass is 19.4. The summed E-state index contributed by atoms with van der Waals surface area (Å²) in [5.74, 6) is -5.80. The van der Waals surface area contributed by atoms with Crippen molar-refractivity contribution < 1.29 is 35.9 Å². The molecular weight excluding hydrogens is 484 g/mol. The van der Waals surface area contributed by atoms with Gasteiger partial charge in [-0.3, -0.25) is 4.79 Å². The van der Waals surface area contributed by atoms with Gasteiger partial charge in [-0.15, -0.1) is 5.10 Å². The largest absolute Gasteiger partial charge is 0.480 e. The van der Waals surface area contributed by atoms with Gasteiger partial charge in [0.15, 0.2) is 11.8 Å². The fraction of sp³-hybridized carbons (Fsp3) is 0.143. The van der Waals surface area contributed by atoms with E-state index < -0.39 is 64.0 Å². The van der Waals surface area contributed by atoms with Gasteiger partial charge in [-0.1, -0.05) is 6.07 Å². The Morgan fingerprint density at radius 2 is 1.74 bits per heavy atom. The number of anilines is 1. The normalized spacial score (nSPS) is 12.5. The molecule has 2 heterocycles. The Morgan fingerprint density at radius 1 is 1.06 bits per heavy atom. The van der Waals surface area contributed by atoms with E-state index in [2.05, 4.69) is 10.2 Å². The molecule has 2 aromatic carbocycles. The Morgan fingerprint density at radius 3 is 2.37 bits per heavy atom. The van der Waals surface area contributed by atoms with E-state index in [1.807, 2.05) is 5.32 Å². The zero-order valence-corrected chi connectivity index (χ0v) is 17.5. The highest BCUT2D eigenvalue weighted by Gasteiger charge is 2.39. The Balaban J connectivity index is 1.84. The Hall–Kier alpha value is -4.36. The van der Waals surface area contributed by atoms with Gasteiger partial charge in [-0.2, -0.15) is 27.5 Å². The van der Waals surface area contributed by atoms with E-state index >= 15 is 4.39 Å². The van der Waals surface area contributed by atoms with Crippen LogP contribution in [0.1, 0.15) is 17.3 Å². The maximum Gasteiger partial charge on any atom is 0.425 e. The molecule has 182 valence electrons. The molecule has 4 rings (SSSR count). The summed E-state index contributed by atoms with van der Waals surface area (Å²) in [5, 5.41) is 9.47. The molecule has 14 heteroatoms. The number of benzene rings is 2. The van der Waals surface area contributed by atoms with Gasteiger partial charge < -0.3 is 10.1 Å². The lowest BCUT2D eigenvalue weighted by Crippen LogP contribution is -2.32. The number of para-hydroxylation sites is 1. The highest BCUT2D eigenvalue weighted by molar-refractivity contribution is 6.06. The molecule has 0 aliphatic heterocycles. The monoisotopic (exact) mass is 497 g/mol. The van der Waals surface area contributed by atoms with Crippen molar-refractivity contribution in [3.63, 3.8) is 0 Å². The number of aromatic nitrogens is 4. The second-order valence-corrected chi connectivity index (χ2v) is 7.14. The van der Waals surface area contributed by atoms with Crippen LogP contribution in [0.15, 0.2) is 53.5 Å². The first-order chi connectivity index (χ1) is 16.5. The zero-order valence-electron chi connectivity index (χ0n) is 17.5. The molecule has 2 aromatic heterocycles. The van der Waals surface area contributed by atoms with Crippen molar-refractivity contribution in [1.29, 1.82) is 0 Å². The van der Waals surface area contributed by atoms with Crippen LogP contribution in [0, 0.1) is 17.5 Å². The lowest BCUT2D eigenvalue weighted by molar-refractivity contribution is -0.189. The summed E-state index contributed by atoms with van der Waals surface area (Å²) in [7, 11) is 0. The van der Waals surface area contributed by atoms with Crippen molar-refractivity contribution >= 4 is 17.2 Å². The van der Waals surface area contributed by atoms with Crippen molar-refractivity contribution in [2.45, 2.75) is 19.2 Å². The summed E-state index contributed by atoms with van der Waals surface area (Å²) in [4.78, 5) is 25.3. The van der Waals surface area contributed by atoms with Crippen LogP contribution in [0.5, 0.6) is 5.75 Å². The van der Waals surface area contributed by atoms with Crippen LogP contribution in [0.3, 0.4) is 0 Å². The van der Waals surface area contributed by atoms with Gasteiger partial charge in [0.1, 0.15) is 34.6 Å². The molecule has 35 heavy (non-hydrogen) atoms. The number of halogens is 6. The average molecular weight is 497 g/mol. The maximum atomic E-state index is 15.0. The Bertz CT molecular complexity index is 1480. The fourth-order valence-electron chi connectivity index (χ4n) is 3.01. The fourth-order valence-corrected chi connectivity index (χ4v) is 3.01. The van der Waals surface area contributed by atoms with E-state index in [-0.39, 0.29) is 5.65 Å². The van der Waals surface area contributed by atoms with Gasteiger partial charge in [0, 0.05) is 12.3 Å². The number of carbonyl (C=O) groups is 1. The number of nitrogens with zero attached hydrogens (tertiary/aromatic N) is 4. The number of ether oxygens (including phenoxy) is 1. The highest BCUT2D eigenvalue weighted by Crippen LogP contribution is 2.31. The summed E-state index contributed by atoms with van der Waals surface area (Å²) in [6, 6.07) is 6.61. The van der Waals surface area contributed by atoms with E-state index in [0.29, 0.717) is 23.7 Å². The molecule has 8 nitrogen and oxygen atoms in total. The van der Waals surface area contributed by atoms with Crippen LogP contribution in [0.25, 0.3) is 11.3 Å². The van der Waals surface area contributed by atoms with Gasteiger partial charge in [0.25, 0.3) is 5.91 Å². The first-order valence-electron chi connectivity index (χ1n) is 9.73. The summed E-state index contributed by atoms with van der Waals surface area (Å²) in [5.41, 5.74) is -3.34. The zero-order chi connectivity index (χ0) is 25.5.